The fourth-order valence-electron chi connectivity index (χ4n) is 3.49. The van der Waals surface area contributed by atoms with Gasteiger partial charge in [-0.2, -0.15) is 5.10 Å². The first-order valence-corrected chi connectivity index (χ1v) is 8.12. The monoisotopic (exact) mass is 350 g/mol. The molecule has 0 saturated carbocycles. The van der Waals surface area contributed by atoms with Crippen molar-refractivity contribution in [3.05, 3.63) is 63.8 Å². The first kappa shape index (κ1) is 14.8. The predicted octanol–water partition coefficient (Wildman–Crippen LogP) is 3.47. The van der Waals surface area contributed by atoms with E-state index in [1.807, 2.05) is 37.3 Å². The van der Waals surface area contributed by atoms with Crippen LogP contribution in [0.4, 0.5) is 11.4 Å². The molecule has 26 heavy (non-hydrogen) atoms. The van der Waals surface area contributed by atoms with E-state index in [9.17, 15) is 10.1 Å². The third-order valence-corrected chi connectivity index (χ3v) is 4.61. The van der Waals surface area contributed by atoms with Crippen LogP contribution in [0.2, 0.25) is 0 Å². The number of aryl methyl sites for hydroxylation is 1. The van der Waals surface area contributed by atoms with Crippen molar-refractivity contribution in [1.29, 1.82) is 0 Å². The number of nitrogens with zero attached hydrogens (tertiary/aromatic N) is 3. The number of para-hydroxylation sites is 1. The van der Waals surface area contributed by atoms with Crippen LogP contribution in [0.25, 0.3) is 11.3 Å². The lowest BCUT2D eigenvalue weighted by molar-refractivity contribution is -0.385. The molecule has 0 unspecified atom stereocenters. The number of benzene rings is 2. The van der Waals surface area contributed by atoms with Crippen LogP contribution in [0.3, 0.4) is 0 Å². The summed E-state index contributed by atoms with van der Waals surface area (Å²) in [5, 5.41) is 19.6. The van der Waals surface area contributed by atoms with Crippen molar-refractivity contribution < 1.29 is 14.4 Å². The molecule has 2 aliphatic rings. The van der Waals surface area contributed by atoms with E-state index < -0.39 is 11.1 Å². The lowest BCUT2D eigenvalue weighted by Gasteiger charge is -2.29. The predicted molar refractivity (Wildman–Crippen MR) is 93.4 cm³/mol. The summed E-state index contributed by atoms with van der Waals surface area (Å²) < 4.78 is 12.5. The molecule has 1 aromatic heterocycles. The van der Waals surface area contributed by atoms with Crippen molar-refractivity contribution >= 4 is 11.4 Å². The van der Waals surface area contributed by atoms with Gasteiger partial charge in [0.25, 0.3) is 5.69 Å². The van der Waals surface area contributed by atoms with Gasteiger partial charge in [-0.05, 0) is 25.1 Å². The third kappa shape index (κ3) is 2.05. The number of nitrogens with one attached hydrogen (secondary N) is 1. The first-order chi connectivity index (χ1) is 12.6. The van der Waals surface area contributed by atoms with Gasteiger partial charge in [-0.3, -0.25) is 10.1 Å². The standard InChI is InChI=1S/C18H14N4O4/c1-10-6-14-11-4-2-3-5-13(11)19-18(21(14)20-10)12-7-16-17(26-9-25-16)8-15(12)22(23)24/h2-8,18-19H,9H2,1H3/t18-/m0/s1. The van der Waals surface area contributed by atoms with Gasteiger partial charge in [0, 0.05) is 11.3 Å². The van der Waals surface area contributed by atoms with Crippen molar-refractivity contribution in [2.24, 2.45) is 0 Å². The number of hydrogen-bond donors (Lipinski definition) is 1. The van der Waals surface area contributed by atoms with E-state index in [4.69, 9.17) is 9.47 Å². The largest absolute Gasteiger partial charge is 0.454 e. The summed E-state index contributed by atoms with van der Waals surface area (Å²) >= 11 is 0. The summed E-state index contributed by atoms with van der Waals surface area (Å²) in [7, 11) is 0. The topological polar surface area (TPSA) is 91.5 Å². The van der Waals surface area contributed by atoms with E-state index in [1.54, 1.807) is 10.7 Å². The van der Waals surface area contributed by atoms with Crippen LogP contribution in [0.15, 0.2) is 42.5 Å². The Labute approximate surface area is 148 Å². The second-order valence-corrected chi connectivity index (χ2v) is 6.23. The summed E-state index contributed by atoms with van der Waals surface area (Å²) in [4.78, 5) is 11.3. The van der Waals surface area contributed by atoms with Crippen LogP contribution in [-0.4, -0.2) is 21.5 Å². The maximum atomic E-state index is 11.7. The molecule has 0 saturated heterocycles. The molecule has 8 nitrogen and oxygen atoms in total. The number of fused-ring (bicyclic) bond motifs is 4. The zero-order valence-electron chi connectivity index (χ0n) is 13.8. The molecule has 2 aromatic carbocycles. The van der Waals surface area contributed by atoms with Crippen molar-refractivity contribution in [3.63, 3.8) is 0 Å². The van der Waals surface area contributed by atoms with Crippen LogP contribution in [0.1, 0.15) is 17.4 Å². The number of rotatable bonds is 2. The van der Waals surface area contributed by atoms with Gasteiger partial charge >= 0.3 is 0 Å². The maximum Gasteiger partial charge on any atom is 0.280 e. The molecule has 0 radical (unpaired) electrons. The Morgan fingerprint density at radius 2 is 2.00 bits per heavy atom. The summed E-state index contributed by atoms with van der Waals surface area (Å²) in [6.07, 6.45) is -0.525. The first-order valence-electron chi connectivity index (χ1n) is 8.12. The molecule has 3 aromatic rings. The van der Waals surface area contributed by atoms with Crippen LogP contribution in [0, 0.1) is 17.0 Å². The van der Waals surface area contributed by atoms with Gasteiger partial charge in [0.05, 0.1) is 27.9 Å². The third-order valence-electron chi connectivity index (χ3n) is 4.61. The number of ether oxygens (including phenoxy) is 2. The quantitative estimate of drug-likeness (QED) is 0.562. The Kier molecular flexibility index (Phi) is 2.96. The van der Waals surface area contributed by atoms with Gasteiger partial charge in [0.15, 0.2) is 17.7 Å². The number of aromatic nitrogens is 2. The Morgan fingerprint density at radius 1 is 1.23 bits per heavy atom. The lowest BCUT2D eigenvalue weighted by atomic mass is 10.0. The lowest BCUT2D eigenvalue weighted by Crippen LogP contribution is -2.26. The number of nitro benzene ring substituents is 1. The van der Waals surface area contributed by atoms with Gasteiger partial charge in [0.2, 0.25) is 6.79 Å². The molecule has 1 atom stereocenters. The van der Waals surface area contributed by atoms with E-state index in [0.717, 1.165) is 22.6 Å². The minimum absolute atomic E-state index is 0.0368. The Bertz CT molecular complexity index is 1060. The highest BCUT2D eigenvalue weighted by Crippen LogP contribution is 2.44. The molecule has 2 aliphatic heterocycles. The zero-order valence-corrected chi connectivity index (χ0v) is 13.8. The van der Waals surface area contributed by atoms with Crippen LogP contribution >= 0.6 is 0 Å². The number of nitro groups is 1. The minimum atomic E-state index is -0.525. The molecular formula is C18H14N4O4. The molecule has 8 heteroatoms. The zero-order chi connectivity index (χ0) is 17.8. The van der Waals surface area contributed by atoms with E-state index in [-0.39, 0.29) is 12.5 Å². The molecule has 5 rings (SSSR count). The number of hydrogen-bond acceptors (Lipinski definition) is 6. The molecule has 0 fully saturated rings. The average Bonchev–Trinajstić information content (AvgIpc) is 3.25. The summed E-state index contributed by atoms with van der Waals surface area (Å²) in [6, 6.07) is 12.9. The minimum Gasteiger partial charge on any atom is -0.454 e. The van der Waals surface area contributed by atoms with Gasteiger partial charge in [-0.15, -0.1) is 0 Å². The highest BCUT2D eigenvalue weighted by Gasteiger charge is 2.33. The van der Waals surface area contributed by atoms with Crippen LogP contribution < -0.4 is 14.8 Å². The van der Waals surface area contributed by atoms with Crippen molar-refractivity contribution in [3.8, 4) is 22.8 Å². The van der Waals surface area contributed by atoms with Gasteiger partial charge in [0.1, 0.15) is 0 Å². The van der Waals surface area contributed by atoms with E-state index in [1.165, 1.54) is 6.07 Å². The van der Waals surface area contributed by atoms with E-state index >= 15 is 0 Å². The second-order valence-electron chi connectivity index (χ2n) is 6.23. The Hall–Kier alpha value is -3.55. The van der Waals surface area contributed by atoms with Crippen molar-refractivity contribution in [1.82, 2.24) is 9.78 Å². The maximum absolute atomic E-state index is 11.7. The fraction of sp³-hybridized carbons (Fsp3) is 0.167. The summed E-state index contributed by atoms with van der Waals surface area (Å²) in [6.45, 7) is 1.96. The molecule has 0 aliphatic carbocycles. The summed E-state index contributed by atoms with van der Waals surface area (Å²) in [5.41, 5.74) is 4.09. The number of anilines is 1. The molecule has 1 N–H and O–H groups in total. The highest BCUT2D eigenvalue weighted by molar-refractivity contribution is 5.79. The Morgan fingerprint density at radius 3 is 2.81 bits per heavy atom. The van der Waals surface area contributed by atoms with Gasteiger partial charge in [-0.1, -0.05) is 18.2 Å². The average molecular weight is 350 g/mol. The molecule has 0 amide bonds. The SMILES string of the molecule is Cc1cc2n(n1)[C@@H](c1cc3c(cc1[N+](=O)[O-])OCO3)Nc1ccccc1-2. The van der Waals surface area contributed by atoms with E-state index in [0.29, 0.717) is 17.1 Å². The summed E-state index contributed by atoms with van der Waals surface area (Å²) in [5.74, 6) is 0.880. The smallest absolute Gasteiger partial charge is 0.280 e. The molecular weight excluding hydrogens is 336 g/mol. The Balaban J connectivity index is 1.74. The normalized spacial score (nSPS) is 16.6. The highest BCUT2D eigenvalue weighted by atomic mass is 16.7. The fourth-order valence-corrected chi connectivity index (χ4v) is 3.49. The second kappa shape index (κ2) is 5.22. The van der Waals surface area contributed by atoms with Crippen LogP contribution in [0.5, 0.6) is 11.5 Å². The van der Waals surface area contributed by atoms with Crippen LogP contribution in [-0.2, 0) is 0 Å². The van der Waals surface area contributed by atoms with E-state index in [2.05, 4.69) is 10.4 Å². The van der Waals surface area contributed by atoms with Gasteiger partial charge in [-0.25, -0.2) is 4.68 Å². The van der Waals surface area contributed by atoms with Crippen molar-refractivity contribution in [2.45, 2.75) is 13.1 Å². The molecule has 0 bridgehead atoms. The van der Waals surface area contributed by atoms with Gasteiger partial charge < -0.3 is 14.8 Å². The van der Waals surface area contributed by atoms with Crippen molar-refractivity contribution in [2.75, 3.05) is 12.1 Å². The molecule has 3 heterocycles. The molecule has 130 valence electrons. The molecule has 0 spiro atoms.